The highest BCUT2D eigenvalue weighted by atomic mass is 79.9. The van der Waals surface area contributed by atoms with Crippen LogP contribution in [-0.4, -0.2) is 67.4 Å². The molecule has 0 aliphatic carbocycles. The highest BCUT2D eigenvalue weighted by Gasteiger charge is 2.21. The molecule has 7 nitrogen and oxygen atoms in total. The molecule has 0 radical (unpaired) electrons. The number of ether oxygens (including phenoxy) is 1. The van der Waals surface area contributed by atoms with Crippen molar-refractivity contribution in [3.05, 3.63) is 35.1 Å². The molecule has 2 fully saturated rings. The van der Waals surface area contributed by atoms with Gasteiger partial charge in [-0.2, -0.15) is 4.98 Å². The summed E-state index contributed by atoms with van der Waals surface area (Å²) >= 11 is 3.43. The molecule has 4 heterocycles. The number of hydrogen-bond donors (Lipinski definition) is 0. The number of piperazine rings is 1. The van der Waals surface area contributed by atoms with Crippen LogP contribution in [0.4, 0.5) is 17.6 Å². The maximum absolute atomic E-state index is 5.42. The third-order valence-electron chi connectivity index (χ3n) is 4.56. The second-order valence-corrected chi connectivity index (χ2v) is 7.04. The Kier molecular flexibility index (Phi) is 4.98. The number of anilines is 3. The molecule has 0 unspecified atom stereocenters. The van der Waals surface area contributed by atoms with Crippen LogP contribution in [0, 0.1) is 0 Å². The normalized spacial score (nSPS) is 18.5. The number of pyridine rings is 1. The van der Waals surface area contributed by atoms with Crippen LogP contribution in [0.5, 0.6) is 0 Å². The van der Waals surface area contributed by atoms with Gasteiger partial charge in [0.25, 0.3) is 0 Å². The Labute approximate surface area is 155 Å². The summed E-state index contributed by atoms with van der Waals surface area (Å²) in [7, 11) is 0. The van der Waals surface area contributed by atoms with E-state index in [9.17, 15) is 0 Å². The first kappa shape index (κ1) is 16.5. The van der Waals surface area contributed by atoms with E-state index in [0.717, 1.165) is 74.5 Å². The van der Waals surface area contributed by atoms with Gasteiger partial charge in [-0.3, -0.25) is 0 Å². The quantitative estimate of drug-likeness (QED) is 0.772. The monoisotopic (exact) mass is 404 g/mol. The largest absolute Gasteiger partial charge is 0.378 e. The molecule has 2 aromatic rings. The lowest BCUT2D eigenvalue weighted by Gasteiger charge is -2.36. The predicted molar refractivity (Wildman–Crippen MR) is 101 cm³/mol. The van der Waals surface area contributed by atoms with E-state index in [1.54, 1.807) is 0 Å². The molecule has 0 atom stereocenters. The number of halogens is 1. The zero-order valence-corrected chi connectivity index (χ0v) is 15.6. The average Bonchev–Trinajstić information content (AvgIpc) is 2.70. The minimum atomic E-state index is 0.762. The summed E-state index contributed by atoms with van der Waals surface area (Å²) in [6.45, 7) is 6.92. The maximum atomic E-state index is 5.42. The SMILES string of the molecule is Brc1ccc(N2CCN(c3nccc(N4CCOCC4)n3)CC2)nc1. The summed E-state index contributed by atoms with van der Waals surface area (Å²) in [6, 6.07) is 6.07. The van der Waals surface area contributed by atoms with E-state index in [0.29, 0.717) is 0 Å². The first-order valence-corrected chi connectivity index (χ1v) is 9.36. The zero-order valence-electron chi connectivity index (χ0n) is 14.0. The van der Waals surface area contributed by atoms with Gasteiger partial charge in [-0.1, -0.05) is 0 Å². The summed E-state index contributed by atoms with van der Waals surface area (Å²) in [5.74, 6) is 2.82. The Balaban J connectivity index is 1.41. The average molecular weight is 405 g/mol. The molecule has 2 aliphatic heterocycles. The number of nitrogens with zero attached hydrogens (tertiary/aromatic N) is 6. The van der Waals surface area contributed by atoms with Crippen molar-refractivity contribution < 1.29 is 4.74 Å². The smallest absolute Gasteiger partial charge is 0.227 e. The molecule has 25 heavy (non-hydrogen) atoms. The predicted octanol–water partition coefficient (Wildman–Crippen LogP) is 1.80. The molecule has 0 bridgehead atoms. The van der Waals surface area contributed by atoms with Crippen molar-refractivity contribution >= 4 is 33.5 Å². The first-order valence-electron chi connectivity index (χ1n) is 8.57. The van der Waals surface area contributed by atoms with Crippen LogP contribution in [0.2, 0.25) is 0 Å². The summed E-state index contributed by atoms with van der Waals surface area (Å²) < 4.78 is 6.42. The van der Waals surface area contributed by atoms with Gasteiger partial charge >= 0.3 is 0 Å². The van der Waals surface area contributed by atoms with E-state index in [4.69, 9.17) is 9.72 Å². The lowest BCUT2D eigenvalue weighted by Crippen LogP contribution is -2.47. The van der Waals surface area contributed by atoms with Gasteiger partial charge in [0.2, 0.25) is 5.95 Å². The first-order chi connectivity index (χ1) is 12.3. The highest BCUT2D eigenvalue weighted by molar-refractivity contribution is 9.10. The van der Waals surface area contributed by atoms with Gasteiger partial charge < -0.3 is 19.4 Å². The molecule has 0 aromatic carbocycles. The standard InChI is InChI=1S/C17H21BrN6O/c18-14-1-2-15(20-13-14)22-5-7-24(8-6-22)17-19-4-3-16(21-17)23-9-11-25-12-10-23/h1-4,13H,5-12H2. The van der Waals surface area contributed by atoms with Crippen molar-refractivity contribution in [2.45, 2.75) is 0 Å². The summed E-state index contributed by atoms with van der Waals surface area (Å²) in [5, 5.41) is 0. The van der Waals surface area contributed by atoms with Gasteiger partial charge in [0.15, 0.2) is 0 Å². The third kappa shape index (κ3) is 3.85. The number of aromatic nitrogens is 3. The Morgan fingerprint density at radius 3 is 2.24 bits per heavy atom. The van der Waals surface area contributed by atoms with Gasteiger partial charge in [-0.25, -0.2) is 9.97 Å². The lowest BCUT2D eigenvalue weighted by molar-refractivity contribution is 0.122. The van der Waals surface area contributed by atoms with Crippen LogP contribution in [0.15, 0.2) is 35.1 Å². The second-order valence-electron chi connectivity index (χ2n) is 6.12. The molecule has 132 valence electrons. The van der Waals surface area contributed by atoms with Crippen LogP contribution in [0.1, 0.15) is 0 Å². The molecule has 4 rings (SSSR count). The molecule has 2 aliphatic rings. The van der Waals surface area contributed by atoms with Crippen LogP contribution in [0.25, 0.3) is 0 Å². The fourth-order valence-electron chi connectivity index (χ4n) is 3.15. The van der Waals surface area contributed by atoms with Crippen molar-refractivity contribution in [2.24, 2.45) is 0 Å². The van der Waals surface area contributed by atoms with Crippen molar-refractivity contribution in [3.8, 4) is 0 Å². The Bertz CT molecular complexity index is 699. The van der Waals surface area contributed by atoms with E-state index < -0.39 is 0 Å². The van der Waals surface area contributed by atoms with E-state index in [-0.39, 0.29) is 0 Å². The number of morpholine rings is 1. The van der Waals surface area contributed by atoms with Crippen molar-refractivity contribution in [3.63, 3.8) is 0 Å². The van der Waals surface area contributed by atoms with Crippen molar-refractivity contribution in [1.82, 2.24) is 15.0 Å². The van der Waals surface area contributed by atoms with Gasteiger partial charge in [-0.15, -0.1) is 0 Å². The topological polar surface area (TPSA) is 57.6 Å². The van der Waals surface area contributed by atoms with Crippen LogP contribution in [0.3, 0.4) is 0 Å². The summed E-state index contributed by atoms with van der Waals surface area (Å²) in [5.41, 5.74) is 0. The van der Waals surface area contributed by atoms with Gasteiger partial charge in [0.1, 0.15) is 11.6 Å². The molecule has 0 spiro atoms. The molecule has 8 heteroatoms. The molecule has 2 aromatic heterocycles. The van der Waals surface area contributed by atoms with E-state index in [2.05, 4.69) is 46.7 Å². The molecule has 0 N–H and O–H groups in total. The van der Waals surface area contributed by atoms with E-state index in [1.165, 1.54) is 0 Å². The highest BCUT2D eigenvalue weighted by Crippen LogP contribution is 2.20. The van der Waals surface area contributed by atoms with Crippen LogP contribution >= 0.6 is 15.9 Å². The summed E-state index contributed by atoms with van der Waals surface area (Å²) in [4.78, 5) is 20.6. The molecular formula is C17H21BrN6O. The Morgan fingerprint density at radius 2 is 1.52 bits per heavy atom. The van der Waals surface area contributed by atoms with E-state index >= 15 is 0 Å². The van der Waals surface area contributed by atoms with Crippen LogP contribution < -0.4 is 14.7 Å². The third-order valence-corrected chi connectivity index (χ3v) is 5.03. The van der Waals surface area contributed by atoms with Gasteiger partial charge in [0.05, 0.1) is 13.2 Å². The Morgan fingerprint density at radius 1 is 0.800 bits per heavy atom. The minimum Gasteiger partial charge on any atom is -0.378 e. The molecular weight excluding hydrogens is 384 g/mol. The fourth-order valence-corrected chi connectivity index (χ4v) is 3.39. The van der Waals surface area contributed by atoms with Gasteiger partial charge in [-0.05, 0) is 34.1 Å². The summed E-state index contributed by atoms with van der Waals surface area (Å²) in [6.07, 6.45) is 3.70. The Hall–Kier alpha value is -1.93. The van der Waals surface area contributed by atoms with Crippen molar-refractivity contribution in [2.75, 3.05) is 67.2 Å². The minimum absolute atomic E-state index is 0.762. The lowest BCUT2D eigenvalue weighted by atomic mass is 10.3. The number of hydrogen-bond acceptors (Lipinski definition) is 7. The molecule has 0 amide bonds. The number of rotatable bonds is 3. The van der Waals surface area contributed by atoms with Crippen LogP contribution in [-0.2, 0) is 4.74 Å². The maximum Gasteiger partial charge on any atom is 0.227 e. The zero-order chi connectivity index (χ0) is 17.1. The second kappa shape index (κ2) is 7.53. The van der Waals surface area contributed by atoms with Gasteiger partial charge in [0, 0.05) is 56.1 Å². The van der Waals surface area contributed by atoms with E-state index in [1.807, 2.05) is 24.5 Å². The molecule has 0 saturated carbocycles. The fraction of sp³-hybridized carbons (Fsp3) is 0.471. The molecule has 2 saturated heterocycles. The van der Waals surface area contributed by atoms with Crippen molar-refractivity contribution in [1.29, 1.82) is 0 Å².